The summed E-state index contributed by atoms with van der Waals surface area (Å²) >= 11 is 0. The lowest BCUT2D eigenvalue weighted by atomic mass is 10.0. The van der Waals surface area contributed by atoms with Crippen molar-refractivity contribution in [2.45, 2.75) is 334 Å². The molecule has 6 nitrogen and oxygen atoms in total. The average molecular weight is 891 g/mol. The predicted octanol–water partition coefficient (Wildman–Crippen LogP) is 17.3. The lowest BCUT2D eigenvalue weighted by molar-refractivity contribution is -0.151. The fourth-order valence-electron chi connectivity index (χ4n) is 9.02. The molecule has 0 radical (unpaired) electrons. The van der Waals surface area contributed by atoms with Crippen LogP contribution in [0.2, 0.25) is 0 Å². The SMILES string of the molecule is CCCCCCCCC/C=C\CCCCCC(=O)OC(CCCCCCCCCCCCCCCCCC)CC(=O)NC(CO)C(O)CCCCCCCCCCCCCCCC. The van der Waals surface area contributed by atoms with Crippen molar-refractivity contribution < 1.29 is 24.5 Å². The van der Waals surface area contributed by atoms with Crippen molar-refractivity contribution in [2.24, 2.45) is 0 Å². The number of aliphatic hydroxyl groups excluding tert-OH is 2. The lowest BCUT2D eigenvalue weighted by Crippen LogP contribution is -2.46. The molecule has 3 atom stereocenters. The van der Waals surface area contributed by atoms with E-state index in [1.165, 1.54) is 218 Å². The molecular formula is C57H111NO5. The minimum Gasteiger partial charge on any atom is -0.462 e. The smallest absolute Gasteiger partial charge is 0.306 e. The maximum atomic E-state index is 13.2. The topological polar surface area (TPSA) is 95.9 Å². The molecule has 1 amide bonds. The van der Waals surface area contributed by atoms with Gasteiger partial charge in [0.15, 0.2) is 0 Å². The zero-order chi connectivity index (χ0) is 45.9. The van der Waals surface area contributed by atoms with Crippen LogP contribution in [-0.2, 0) is 14.3 Å². The average Bonchev–Trinajstić information content (AvgIpc) is 3.28. The van der Waals surface area contributed by atoms with Gasteiger partial charge in [-0.1, -0.05) is 264 Å². The van der Waals surface area contributed by atoms with Crippen LogP contribution in [0.25, 0.3) is 0 Å². The van der Waals surface area contributed by atoms with E-state index >= 15 is 0 Å². The first-order valence-corrected chi connectivity index (χ1v) is 28.4. The van der Waals surface area contributed by atoms with Crippen molar-refractivity contribution in [1.29, 1.82) is 0 Å². The van der Waals surface area contributed by atoms with E-state index in [9.17, 15) is 19.8 Å². The molecule has 0 bridgehead atoms. The lowest BCUT2D eigenvalue weighted by Gasteiger charge is -2.24. The third kappa shape index (κ3) is 46.9. The first kappa shape index (κ1) is 61.6. The van der Waals surface area contributed by atoms with E-state index in [1.807, 2.05) is 0 Å². The van der Waals surface area contributed by atoms with Crippen molar-refractivity contribution in [3.63, 3.8) is 0 Å². The molecule has 0 saturated carbocycles. The van der Waals surface area contributed by atoms with E-state index in [0.29, 0.717) is 19.3 Å². The van der Waals surface area contributed by atoms with Crippen molar-refractivity contribution in [3.8, 4) is 0 Å². The molecule has 0 aliphatic carbocycles. The van der Waals surface area contributed by atoms with Gasteiger partial charge < -0.3 is 20.3 Å². The Labute approximate surface area is 393 Å². The van der Waals surface area contributed by atoms with E-state index < -0.39 is 18.2 Å². The van der Waals surface area contributed by atoms with Gasteiger partial charge in [0.1, 0.15) is 6.10 Å². The molecule has 0 aromatic rings. The molecule has 3 N–H and O–H groups in total. The minimum atomic E-state index is -0.784. The molecule has 3 unspecified atom stereocenters. The second kappa shape index (κ2) is 51.6. The maximum Gasteiger partial charge on any atom is 0.306 e. The van der Waals surface area contributed by atoms with Crippen LogP contribution in [0.3, 0.4) is 0 Å². The summed E-state index contributed by atoms with van der Waals surface area (Å²) in [4.78, 5) is 26.2. The number of nitrogens with one attached hydrogen (secondary N) is 1. The fourth-order valence-corrected chi connectivity index (χ4v) is 9.02. The van der Waals surface area contributed by atoms with E-state index in [2.05, 4.69) is 38.2 Å². The quantitative estimate of drug-likeness (QED) is 0.0321. The van der Waals surface area contributed by atoms with Gasteiger partial charge in [-0.2, -0.15) is 0 Å². The summed E-state index contributed by atoms with van der Waals surface area (Å²) in [6, 6.07) is -0.698. The Balaban J connectivity index is 4.53. The fraction of sp³-hybridized carbons (Fsp3) is 0.930. The number of hydrogen-bond acceptors (Lipinski definition) is 5. The summed E-state index contributed by atoms with van der Waals surface area (Å²) in [5.74, 6) is -0.470. The predicted molar refractivity (Wildman–Crippen MR) is 273 cm³/mol. The van der Waals surface area contributed by atoms with Gasteiger partial charge in [-0.05, 0) is 51.4 Å². The van der Waals surface area contributed by atoms with Gasteiger partial charge >= 0.3 is 5.97 Å². The highest BCUT2D eigenvalue weighted by molar-refractivity contribution is 5.77. The molecule has 0 rings (SSSR count). The number of ether oxygens (including phenoxy) is 1. The molecule has 0 aromatic carbocycles. The van der Waals surface area contributed by atoms with Gasteiger partial charge in [-0.15, -0.1) is 0 Å². The number of carbonyl (C=O) groups is 2. The highest BCUT2D eigenvalue weighted by atomic mass is 16.5. The molecule has 0 aromatic heterocycles. The number of rotatable bonds is 52. The van der Waals surface area contributed by atoms with Crippen LogP contribution in [-0.4, -0.2) is 46.9 Å². The van der Waals surface area contributed by atoms with Crippen LogP contribution in [0.15, 0.2) is 12.2 Å². The van der Waals surface area contributed by atoms with E-state index in [-0.39, 0.29) is 24.9 Å². The maximum absolute atomic E-state index is 13.2. The van der Waals surface area contributed by atoms with E-state index in [4.69, 9.17) is 4.74 Å². The number of amides is 1. The molecule has 0 aliphatic heterocycles. The summed E-state index contributed by atoms with van der Waals surface area (Å²) in [7, 11) is 0. The van der Waals surface area contributed by atoms with Gasteiger partial charge in [-0.3, -0.25) is 9.59 Å². The zero-order valence-electron chi connectivity index (χ0n) is 42.7. The second-order valence-electron chi connectivity index (χ2n) is 19.7. The number of carbonyl (C=O) groups excluding carboxylic acids is 2. The van der Waals surface area contributed by atoms with Crippen molar-refractivity contribution in [2.75, 3.05) is 6.61 Å². The van der Waals surface area contributed by atoms with Crippen LogP contribution < -0.4 is 5.32 Å². The minimum absolute atomic E-state index is 0.0795. The Morgan fingerprint density at radius 2 is 0.762 bits per heavy atom. The Hall–Kier alpha value is -1.40. The molecule has 0 spiro atoms. The summed E-state index contributed by atoms with van der Waals surface area (Å²) in [6.07, 6.45) is 58.4. The highest BCUT2D eigenvalue weighted by Crippen LogP contribution is 2.19. The van der Waals surface area contributed by atoms with Gasteiger partial charge in [0.05, 0.1) is 25.2 Å². The standard InChI is InChI=1S/C57H111NO5/c1-4-7-10-13-16-19-22-25-28-29-30-33-36-39-42-45-48-53(63-57(62)50-47-44-41-38-35-32-27-24-21-18-15-12-9-6-3)51-56(61)58-54(52-59)55(60)49-46-43-40-37-34-31-26-23-20-17-14-11-8-5-2/h32,35,53-55,59-60H,4-31,33-34,36-52H2,1-3H3,(H,58,61)/b35-32-. The molecule has 6 heteroatoms. The van der Waals surface area contributed by atoms with Gasteiger partial charge in [0.2, 0.25) is 5.91 Å². The highest BCUT2D eigenvalue weighted by Gasteiger charge is 2.24. The number of aliphatic hydroxyl groups is 2. The van der Waals surface area contributed by atoms with Crippen LogP contribution in [0.1, 0.15) is 316 Å². The Bertz CT molecular complexity index is 955. The molecule has 0 aliphatic rings. The number of allylic oxidation sites excluding steroid dienone is 2. The van der Waals surface area contributed by atoms with Crippen molar-refractivity contribution >= 4 is 11.9 Å². The molecule has 0 saturated heterocycles. The van der Waals surface area contributed by atoms with Gasteiger partial charge in [-0.25, -0.2) is 0 Å². The van der Waals surface area contributed by atoms with Crippen LogP contribution in [0.4, 0.5) is 0 Å². The van der Waals surface area contributed by atoms with Gasteiger partial charge in [0.25, 0.3) is 0 Å². The zero-order valence-corrected chi connectivity index (χ0v) is 42.7. The molecular weight excluding hydrogens is 779 g/mol. The summed E-state index contributed by atoms with van der Waals surface area (Å²) in [6.45, 7) is 6.52. The van der Waals surface area contributed by atoms with Crippen LogP contribution in [0.5, 0.6) is 0 Å². The summed E-state index contributed by atoms with van der Waals surface area (Å²) in [5, 5.41) is 23.9. The molecule has 0 fully saturated rings. The third-order valence-electron chi connectivity index (χ3n) is 13.3. The van der Waals surface area contributed by atoms with Crippen LogP contribution in [0, 0.1) is 0 Å². The first-order valence-electron chi connectivity index (χ1n) is 28.4. The Morgan fingerprint density at radius 3 is 1.13 bits per heavy atom. The largest absolute Gasteiger partial charge is 0.462 e. The molecule has 0 heterocycles. The van der Waals surface area contributed by atoms with Crippen molar-refractivity contribution in [1.82, 2.24) is 5.32 Å². The van der Waals surface area contributed by atoms with E-state index in [0.717, 1.165) is 51.4 Å². The van der Waals surface area contributed by atoms with Gasteiger partial charge in [0, 0.05) is 6.42 Å². The van der Waals surface area contributed by atoms with E-state index in [1.54, 1.807) is 0 Å². The Morgan fingerprint density at radius 1 is 0.444 bits per heavy atom. The number of hydrogen-bond donors (Lipinski definition) is 3. The number of esters is 1. The normalized spacial score (nSPS) is 13.2. The number of unbranched alkanes of at least 4 members (excludes halogenated alkanes) is 38. The molecule has 63 heavy (non-hydrogen) atoms. The third-order valence-corrected chi connectivity index (χ3v) is 13.3. The second-order valence-corrected chi connectivity index (χ2v) is 19.7. The first-order chi connectivity index (χ1) is 31.0. The van der Waals surface area contributed by atoms with Crippen LogP contribution >= 0.6 is 0 Å². The summed E-state index contributed by atoms with van der Waals surface area (Å²) in [5.41, 5.74) is 0. The Kier molecular flexibility index (Phi) is 50.4. The summed E-state index contributed by atoms with van der Waals surface area (Å²) < 4.78 is 5.95. The molecule has 374 valence electrons. The van der Waals surface area contributed by atoms with Crippen molar-refractivity contribution in [3.05, 3.63) is 12.2 Å². The monoisotopic (exact) mass is 890 g/mol.